The lowest BCUT2D eigenvalue weighted by Gasteiger charge is -2.32. The number of rotatable bonds is 6. The Bertz CT molecular complexity index is 804. The zero-order chi connectivity index (χ0) is 19.2. The van der Waals surface area contributed by atoms with Crippen LogP contribution >= 0.6 is 11.8 Å². The second kappa shape index (κ2) is 9.20. The third-order valence-corrected chi connectivity index (χ3v) is 5.73. The Hall–Kier alpha value is -2.11. The maximum Gasteiger partial charge on any atom is 0.221 e. The summed E-state index contributed by atoms with van der Waals surface area (Å²) in [6.45, 7) is 4.15. The van der Waals surface area contributed by atoms with Crippen LogP contribution in [0.3, 0.4) is 0 Å². The topological polar surface area (TPSA) is 49.4 Å². The molecule has 2 aromatic carbocycles. The SMILES string of the molecule is CSc1ccccc1C(=O)C1CCCN(Cc2ccc(NC(C)=O)cc2)C1. The number of carbonyl (C=O) groups is 2. The van der Waals surface area contributed by atoms with E-state index >= 15 is 0 Å². The van der Waals surface area contributed by atoms with Crippen molar-refractivity contribution in [1.82, 2.24) is 4.90 Å². The minimum atomic E-state index is -0.0642. The first-order valence-corrected chi connectivity index (χ1v) is 10.6. The summed E-state index contributed by atoms with van der Waals surface area (Å²) in [5.74, 6) is 0.266. The molecule has 1 N–H and O–H groups in total. The highest BCUT2D eigenvalue weighted by atomic mass is 32.2. The zero-order valence-electron chi connectivity index (χ0n) is 15.9. The monoisotopic (exact) mass is 382 g/mol. The molecule has 142 valence electrons. The summed E-state index contributed by atoms with van der Waals surface area (Å²) in [5.41, 5.74) is 2.87. The third kappa shape index (κ3) is 5.21. The van der Waals surface area contributed by atoms with Crippen molar-refractivity contribution in [3.05, 3.63) is 59.7 Å². The molecule has 4 nitrogen and oxygen atoms in total. The van der Waals surface area contributed by atoms with Crippen LogP contribution in [0, 0.1) is 5.92 Å². The van der Waals surface area contributed by atoms with Crippen LogP contribution in [0.4, 0.5) is 5.69 Å². The fourth-order valence-corrected chi connectivity index (χ4v) is 4.24. The lowest BCUT2D eigenvalue weighted by molar-refractivity contribution is -0.114. The van der Waals surface area contributed by atoms with Gasteiger partial charge in [-0.15, -0.1) is 11.8 Å². The van der Waals surface area contributed by atoms with E-state index in [1.54, 1.807) is 11.8 Å². The molecule has 1 amide bonds. The maximum atomic E-state index is 13.0. The molecule has 0 spiro atoms. The highest BCUT2D eigenvalue weighted by Gasteiger charge is 2.27. The number of Topliss-reactive ketones (excluding diaryl/α,β-unsaturated/α-hetero) is 1. The number of thioether (sulfide) groups is 1. The Morgan fingerprint density at radius 2 is 1.89 bits per heavy atom. The van der Waals surface area contributed by atoms with Crippen molar-refractivity contribution in [3.8, 4) is 0 Å². The van der Waals surface area contributed by atoms with E-state index in [9.17, 15) is 9.59 Å². The molecule has 1 unspecified atom stereocenters. The smallest absolute Gasteiger partial charge is 0.221 e. The molecule has 1 fully saturated rings. The molecule has 1 saturated heterocycles. The number of nitrogens with zero attached hydrogens (tertiary/aromatic N) is 1. The lowest BCUT2D eigenvalue weighted by atomic mass is 9.89. The minimum absolute atomic E-state index is 0.0608. The molecule has 5 heteroatoms. The quantitative estimate of drug-likeness (QED) is 0.592. The Morgan fingerprint density at radius 3 is 2.59 bits per heavy atom. The number of ketones is 1. The molecule has 1 aliphatic rings. The molecule has 27 heavy (non-hydrogen) atoms. The number of nitrogens with one attached hydrogen (secondary N) is 1. The van der Waals surface area contributed by atoms with Gasteiger partial charge in [0, 0.05) is 42.1 Å². The molecule has 2 aromatic rings. The minimum Gasteiger partial charge on any atom is -0.326 e. The maximum absolute atomic E-state index is 13.0. The highest BCUT2D eigenvalue weighted by Crippen LogP contribution is 2.27. The molecular formula is C22H26N2O2S. The number of likely N-dealkylation sites (tertiary alicyclic amines) is 1. The molecule has 0 saturated carbocycles. The van der Waals surface area contributed by atoms with E-state index in [2.05, 4.69) is 10.2 Å². The van der Waals surface area contributed by atoms with Crippen LogP contribution in [0.2, 0.25) is 0 Å². The molecule has 0 aromatic heterocycles. The van der Waals surface area contributed by atoms with Gasteiger partial charge in [-0.05, 0) is 49.4 Å². The Balaban J connectivity index is 1.64. The number of anilines is 1. The largest absolute Gasteiger partial charge is 0.326 e. The molecule has 1 atom stereocenters. The van der Waals surface area contributed by atoms with Crippen LogP contribution in [0.1, 0.15) is 35.7 Å². The summed E-state index contributed by atoms with van der Waals surface area (Å²) in [5, 5.41) is 2.79. The molecule has 1 aliphatic heterocycles. The van der Waals surface area contributed by atoms with Gasteiger partial charge in [0.05, 0.1) is 0 Å². The van der Waals surface area contributed by atoms with Crippen molar-refractivity contribution < 1.29 is 9.59 Å². The predicted octanol–water partition coefficient (Wildman–Crippen LogP) is 4.46. The summed E-state index contributed by atoms with van der Waals surface area (Å²) in [6, 6.07) is 15.9. The van der Waals surface area contributed by atoms with Crippen LogP contribution in [0.15, 0.2) is 53.4 Å². The van der Waals surface area contributed by atoms with E-state index in [0.29, 0.717) is 0 Å². The molecule has 1 heterocycles. The number of hydrogen-bond acceptors (Lipinski definition) is 4. The van der Waals surface area contributed by atoms with Gasteiger partial charge in [-0.1, -0.05) is 30.3 Å². The van der Waals surface area contributed by atoms with Gasteiger partial charge in [0.2, 0.25) is 5.91 Å². The Kier molecular flexibility index (Phi) is 6.69. The van der Waals surface area contributed by atoms with Crippen LogP contribution in [0.5, 0.6) is 0 Å². The normalized spacial score (nSPS) is 17.5. The van der Waals surface area contributed by atoms with Crippen molar-refractivity contribution >= 4 is 29.1 Å². The molecule has 3 rings (SSSR count). The lowest BCUT2D eigenvalue weighted by Crippen LogP contribution is -2.38. The average Bonchev–Trinajstić information content (AvgIpc) is 2.69. The van der Waals surface area contributed by atoms with E-state index in [4.69, 9.17) is 0 Å². The van der Waals surface area contributed by atoms with Crippen molar-refractivity contribution in [2.45, 2.75) is 31.2 Å². The number of hydrogen-bond donors (Lipinski definition) is 1. The van der Waals surface area contributed by atoms with Crippen molar-refractivity contribution in [3.63, 3.8) is 0 Å². The second-order valence-electron chi connectivity index (χ2n) is 7.02. The van der Waals surface area contributed by atoms with Crippen LogP contribution < -0.4 is 5.32 Å². The first-order valence-electron chi connectivity index (χ1n) is 9.33. The van der Waals surface area contributed by atoms with Gasteiger partial charge in [-0.3, -0.25) is 14.5 Å². The number of benzene rings is 2. The van der Waals surface area contributed by atoms with Crippen LogP contribution in [0.25, 0.3) is 0 Å². The van der Waals surface area contributed by atoms with Crippen molar-refractivity contribution in [2.75, 3.05) is 24.7 Å². The van der Waals surface area contributed by atoms with Gasteiger partial charge in [-0.2, -0.15) is 0 Å². The summed E-state index contributed by atoms with van der Waals surface area (Å²) >= 11 is 1.63. The van der Waals surface area contributed by atoms with Gasteiger partial charge in [-0.25, -0.2) is 0 Å². The summed E-state index contributed by atoms with van der Waals surface area (Å²) in [7, 11) is 0. The van der Waals surface area contributed by atoms with Crippen molar-refractivity contribution in [1.29, 1.82) is 0 Å². The van der Waals surface area contributed by atoms with E-state index in [0.717, 1.165) is 48.6 Å². The van der Waals surface area contributed by atoms with E-state index in [-0.39, 0.29) is 17.6 Å². The van der Waals surface area contributed by atoms with E-state index in [1.165, 1.54) is 12.5 Å². The fourth-order valence-electron chi connectivity index (χ4n) is 3.64. The summed E-state index contributed by atoms with van der Waals surface area (Å²) in [4.78, 5) is 27.6. The van der Waals surface area contributed by atoms with Gasteiger partial charge < -0.3 is 5.32 Å². The molecule has 0 aliphatic carbocycles. The molecule has 0 bridgehead atoms. The van der Waals surface area contributed by atoms with Crippen LogP contribution in [-0.2, 0) is 11.3 Å². The van der Waals surface area contributed by atoms with Crippen molar-refractivity contribution in [2.24, 2.45) is 5.92 Å². The van der Waals surface area contributed by atoms with Gasteiger partial charge in [0.1, 0.15) is 0 Å². The van der Waals surface area contributed by atoms with Crippen LogP contribution in [-0.4, -0.2) is 35.9 Å². The Labute approximate surface area is 165 Å². The average molecular weight is 383 g/mol. The summed E-state index contributed by atoms with van der Waals surface area (Å²) in [6.07, 6.45) is 4.02. The van der Waals surface area contributed by atoms with E-state index in [1.807, 2.05) is 54.8 Å². The summed E-state index contributed by atoms with van der Waals surface area (Å²) < 4.78 is 0. The van der Waals surface area contributed by atoms with Gasteiger partial charge >= 0.3 is 0 Å². The van der Waals surface area contributed by atoms with E-state index < -0.39 is 0 Å². The first-order chi connectivity index (χ1) is 13.1. The second-order valence-corrected chi connectivity index (χ2v) is 7.86. The fraction of sp³-hybridized carbons (Fsp3) is 0.364. The highest BCUT2D eigenvalue weighted by molar-refractivity contribution is 7.98. The number of carbonyl (C=O) groups excluding carboxylic acids is 2. The van der Waals surface area contributed by atoms with Gasteiger partial charge in [0.25, 0.3) is 0 Å². The first kappa shape index (κ1) is 19.6. The Morgan fingerprint density at radius 1 is 1.15 bits per heavy atom. The molecular weight excluding hydrogens is 356 g/mol. The van der Waals surface area contributed by atoms with Gasteiger partial charge in [0.15, 0.2) is 5.78 Å². The number of piperidine rings is 1. The zero-order valence-corrected chi connectivity index (χ0v) is 16.7. The molecule has 0 radical (unpaired) electrons. The number of amides is 1. The third-order valence-electron chi connectivity index (χ3n) is 4.93. The predicted molar refractivity (Wildman–Crippen MR) is 111 cm³/mol. The standard InChI is InChI=1S/C22H26N2O2S/c1-16(25)23-19-11-9-17(10-12-19)14-24-13-5-6-18(15-24)22(26)20-7-3-4-8-21(20)27-2/h3-4,7-12,18H,5-6,13-15H2,1-2H3,(H,23,25).